The minimum atomic E-state index is -4.79. The van der Waals surface area contributed by atoms with E-state index >= 15 is 4.39 Å². The average Bonchev–Trinajstić information content (AvgIpc) is 3.56. The van der Waals surface area contributed by atoms with Crippen LogP contribution in [0, 0.1) is 23.1 Å². The zero-order valence-corrected chi connectivity index (χ0v) is 46.7. The van der Waals surface area contributed by atoms with Crippen LogP contribution in [-0.2, 0) is 35.4 Å². The number of alkyl halides is 3. The van der Waals surface area contributed by atoms with E-state index in [0.29, 0.717) is 52.4 Å². The lowest BCUT2D eigenvalue weighted by atomic mass is 9.76. The van der Waals surface area contributed by atoms with E-state index in [1.165, 1.54) is 0 Å². The topological polar surface area (TPSA) is 100 Å². The summed E-state index contributed by atoms with van der Waals surface area (Å²) in [5.41, 5.74) is 7.43. The van der Waals surface area contributed by atoms with Crippen LogP contribution in [0.1, 0.15) is 120 Å². The van der Waals surface area contributed by atoms with Gasteiger partial charge in [-0.3, -0.25) is 4.99 Å². The fourth-order valence-electron chi connectivity index (χ4n) is 8.39. The minimum absolute atomic E-state index is 0.250. The van der Waals surface area contributed by atoms with Crippen LogP contribution in [-0.4, -0.2) is 56.1 Å². The SMILES string of the molecule is CC(C)(C)CN.CCOC(C#CC(=NC(c1ccccc1)(c1ccccc1)c1ccccc1)C(F)(F)F)OCC.CCOC(OCC)c1cc(NC(c2ccccc2)(c2ccccc2)c2ccccc2)c(F)c(C(C)(C)C)n1. The van der Waals surface area contributed by atoms with Crippen LogP contribution in [0.4, 0.5) is 23.2 Å². The van der Waals surface area contributed by atoms with Crippen molar-refractivity contribution in [2.75, 3.05) is 38.3 Å². The predicted octanol–water partition coefficient (Wildman–Crippen LogP) is 15.4. The second-order valence-electron chi connectivity index (χ2n) is 20.3. The van der Waals surface area contributed by atoms with Crippen LogP contribution in [0.3, 0.4) is 0 Å². The smallest absolute Gasteiger partial charge is 0.365 e. The molecule has 0 amide bonds. The van der Waals surface area contributed by atoms with Gasteiger partial charge < -0.3 is 30.0 Å². The lowest BCUT2D eigenvalue weighted by Crippen LogP contribution is -2.39. The van der Waals surface area contributed by atoms with Crippen molar-refractivity contribution in [3.05, 3.63) is 239 Å². The van der Waals surface area contributed by atoms with E-state index < -0.39 is 41.0 Å². The molecule has 0 aliphatic heterocycles. The van der Waals surface area contributed by atoms with Gasteiger partial charge in [-0.2, -0.15) is 13.2 Å². The molecule has 0 aliphatic carbocycles. The Kier molecular flexibility index (Phi) is 23.1. The number of nitrogens with two attached hydrogens (primary N) is 1. The van der Waals surface area contributed by atoms with E-state index in [1.807, 2.05) is 107 Å². The average molecular weight is 1070 g/mol. The van der Waals surface area contributed by atoms with E-state index in [1.54, 1.807) is 92.7 Å². The molecule has 0 radical (unpaired) electrons. The van der Waals surface area contributed by atoms with Crippen molar-refractivity contribution in [2.24, 2.45) is 16.1 Å². The second-order valence-corrected chi connectivity index (χ2v) is 20.3. The van der Waals surface area contributed by atoms with E-state index in [4.69, 9.17) is 29.7 Å². The fourth-order valence-corrected chi connectivity index (χ4v) is 8.39. The number of rotatable bonds is 18. The summed E-state index contributed by atoms with van der Waals surface area (Å²) in [4.78, 5) is 9.11. The van der Waals surface area contributed by atoms with Gasteiger partial charge in [-0.05, 0) is 90.9 Å². The number of ether oxygens (including phenoxy) is 4. The number of nitrogens with zero attached hydrogens (tertiary/aromatic N) is 2. The van der Waals surface area contributed by atoms with Crippen molar-refractivity contribution in [1.82, 2.24) is 4.98 Å². The van der Waals surface area contributed by atoms with E-state index in [2.05, 4.69) is 79.3 Å². The first-order chi connectivity index (χ1) is 37.3. The Hall–Kier alpha value is -6.98. The normalized spacial score (nSPS) is 12.2. The molecule has 78 heavy (non-hydrogen) atoms. The first-order valence-corrected chi connectivity index (χ1v) is 26.5. The highest BCUT2D eigenvalue weighted by Crippen LogP contribution is 2.44. The number of hydrogen-bond donors (Lipinski definition) is 2. The molecule has 0 unspecified atom stereocenters. The first-order valence-electron chi connectivity index (χ1n) is 26.5. The molecule has 0 bridgehead atoms. The molecule has 0 aliphatic rings. The maximum Gasteiger partial charge on any atom is 0.441 e. The largest absolute Gasteiger partial charge is 0.441 e. The third kappa shape index (κ3) is 16.5. The zero-order chi connectivity index (χ0) is 56.8. The van der Waals surface area contributed by atoms with Gasteiger partial charge in [0.25, 0.3) is 0 Å². The molecular formula is C66H76F4N4O4. The van der Waals surface area contributed by atoms with Gasteiger partial charge in [0.15, 0.2) is 11.5 Å². The molecule has 0 spiro atoms. The van der Waals surface area contributed by atoms with Crippen molar-refractivity contribution >= 4 is 11.4 Å². The zero-order valence-electron chi connectivity index (χ0n) is 46.7. The summed E-state index contributed by atoms with van der Waals surface area (Å²) < 4.78 is 81.8. The van der Waals surface area contributed by atoms with Crippen LogP contribution in [0.25, 0.3) is 0 Å². The summed E-state index contributed by atoms with van der Waals surface area (Å²) in [6.45, 7) is 21.6. The number of nitrogens with one attached hydrogen (secondary N) is 1. The Morgan fingerprint density at radius 3 is 1.18 bits per heavy atom. The Morgan fingerprint density at radius 1 is 0.551 bits per heavy atom. The van der Waals surface area contributed by atoms with Gasteiger partial charge in [0, 0.05) is 31.8 Å². The maximum atomic E-state index is 16.5. The highest BCUT2D eigenvalue weighted by molar-refractivity contribution is 6.05. The van der Waals surface area contributed by atoms with E-state index in [-0.39, 0.29) is 19.0 Å². The minimum Gasteiger partial charge on any atom is -0.365 e. The third-order valence-electron chi connectivity index (χ3n) is 12.2. The fraction of sp³-hybridized carbons (Fsp3) is 0.333. The monoisotopic (exact) mass is 1060 g/mol. The second kappa shape index (κ2) is 29.1. The number of hydrogen-bond acceptors (Lipinski definition) is 8. The summed E-state index contributed by atoms with van der Waals surface area (Å²) in [6.07, 6.45) is -6.58. The number of pyridine rings is 1. The standard InChI is InChI=1S/C33H37FN2O2.C28H26F3NO2.C5H13N/c1-6-37-31(38-7-2)28-23-27(29(34)30(35-28)32(3,4)5)36-33(24-17-11-8-12-18-24,25-19-13-9-14-20-25)26-21-15-10-16-22-26;1-3-33-26(34-4-2)21-20-25(28(29,30)31)32-27(22-14-8-5-9-15-22,23-16-10-6-11-17-23)24-18-12-7-13-19-24;1-5(2,3)4-6/h8-23,31H,6-7H2,1-5H3,(H,35,36);5-19,26H,3-4H2,1-2H3;4,6H2,1-3H3. The molecule has 8 nitrogen and oxygen atoms in total. The summed E-state index contributed by atoms with van der Waals surface area (Å²) in [7, 11) is 0. The van der Waals surface area contributed by atoms with Crippen LogP contribution >= 0.6 is 0 Å². The number of anilines is 1. The van der Waals surface area contributed by atoms with E-state index in [0.717, 1.165) is 23.2 Å². The maximum absolute atomic E-state index is 16.5. The Morgan fingerprint density at radius 2 is 0.885 bits per heavy atom. The number of benzene rings is 6. The molecule has 7 aromatic rings. The van der Waals surface area contributed by atoms with Crippen LogP contribution in [0.5, 0.6) is 0 Å². The van der Waals surface area contributed by atoms with E-state index in [9.17, 15) is 13.2 Å². The van der Waals surface area contributed by atoms with Gasteiger partial charge >= 0.3 is 6.18 Å². The quantitative estimate of drug-likeness (QED) is 0.0290. The Balaban J connectivity index is 0.000000261. The van der Waals surface area contributed by atoms with Crippen molar-refractivity contribution in [3.8, 4) is 11.8 Å². The molecule has 6 aromatic carbocycles. The lowest BCUT2D eigenvalue weighted by Gasteiger charge is -2.38. The third-order valence-corrected chi connectivity index (χ3v) is 12.2. The number of halogens is 4. The van der Waals surface area contributed by atoms with Gasteiger partial charge in [-0.15, -0.1) is 0 Å². The molecule has 1 heterocycles. The van der Waals surface area contributed by atoms with Crippen LogP contribution in [0.2, 0.25) is 0 Å². The predicted molar refractivity (Wildman–Crippen MR) is 308 cm³/mol. The number of aromatic nitrogens is 1. The molecule has 1 aromatic heterocycles. The molecule has 12 heteroatoms. The highest BCUT2D eigenvalue weighted by Gasteiger charge is 2.43. The lowest BCUT2D eigenvalue weighted by molar-refractivity contribution is -0.142. The number of aliphatic imine (C=N–C) groups is 1. The van der Waals surface area contributed by atoms with Crippen LogP contribution < -0.4 is 11.1 Å². The molecule has 0 saturated carbocycles. The van der Waals surface area contributed by atoms with Gasteiger partial charge in [0.05, 0.1) is 17.1 Å². The molecule has 0 fully saturated rings. The summed E-state index contributed by atoms with van der Waals surface area (Å²) in [5.74, 6) is 4.29. The van der Waals surface area contributed by atoms with Crippen molar-refractivity contribution in [1.29, 1.82) is 0 Å². The van der Waals surface area contributed by atoms with Crippen molar-refractivity contribution in [2.45, 2.75) is 104 Å². The molecule has 7 rings (SSSR count). The molecule has 3 N–H and O–H groups in total. The van der Waals surface area contributed by atoms with Gasteiger partial charge in [0.2, 0.25) is 12.6 Å². The molecule has 0 saturated heterocycles. The molecule has 0 atom stereocenters. The summed E-state index contributed by atoms with van der Waals surface area (Å²) in [6, 6.07) is 58.9. The Labute approximate surface area is 460 Å². The Bertz CT molecular complexity index is 2730. The van der Waals surface area contributed by atoms with Gasteiger partial charge in [0.1, 0.15) is 11.1 Å². The molecule has 412 valence electrons. The van der Waals surface area contributed by atoms with Crippen molar-refractivity contribution in [3.63, 3.8) is 0 Å². The first kappa shape index (κ1) is 61.9. The van der Waals surface area contributed by atoms with Crippen LogP contribution in [0.15, 0.2) is 193 Å². The summed E-state index contributed by atoms with van der Waals surface area (Å²) >= 11 is 0. The van der Waals surface area contributed by atoms with Gasteiger partial charge in [-0.1, -0.05) is 224 Å². The summed E-state index contributed by atoms with van der Waals surface area (Å²) in [5, 5.41) is 3.68. The molecular weight excluding hydrogens is 989 g/mol. The highest BCUT2D eigenvalue weighted by atomic mass is 19.4. The van der Waals surface area contributed by atoms with Crippen molar-refractivity contribution < 1.29 is 36.5 Å². The van der Waals surface area contributed by atoms with Gasteiger partial charge in [-0.25, -0.2) is 9.37 Å².